The lowest BCUT2D eigenvalue weighted by Gasteiger charge is -2.27. The van der Waals surface area contributed by atoms with Gasteiger partial charge in [0.15, 0.2) is 0 Å². The second-order valence-corrected chi connectivity index (χ2v) is 6.66. The van der Waals surface area contributed by atoms with Crippen LogP contribution in [0.3, 0.4) is 0 Å². The van der Waals surface area contributed by atoms with Crippen molar-refractivity contribution < 1.29 is 4.74 Å². The molecule has 0 atom stereocenters. The summed E-state index contributed by atoms with van der Waals surface area (Å²) in [7, 11) is 0. The van der Waals surface area contributed by atoms with Gasteiger partial charge in [-0.15, -0.1) is 0 Å². The van der Waals surface area contributed by atoms with Crippen LogP contribution in [0.4, 0.5) is 0 Å². The second kappa shape index (κ2) is 9.78. The topological polar surface area (TPSA) is 36.5 Å². The smallest absolute Gasteiger partial charge is 0.124 e. The van der Waals surface area contributed by atoms with Crippen molar-refractivity contribution in [1.29, 1.82) is 0 Å². The number of hydrogen-bond acceptors (Lipinski definition) is 4. The first-order valence-electron chi connectivity index (χ1n) is 8.91. The number of halogens is 1. The Hall–Kier alpha value is -1.59. The molecule has 25 heavy (non-hydrogen) atoms. The molecule has 1 fully saturated rings. The lowest BCUT2D eigenvalue weighted by atomic mass is 10.2. The minimum absolute atomic E-state index is 0.484. The number of rotatable bonds is 8. The summed E-state index contributed by atoms with van der Waals surface area (Å²) < 4.78 is 6.01. The van der Waals surface area contributed by atoms with E-state index in [-0.39, 0.29) is 0 Å². The van der Waals surface area contributed by atoms with Crippen LogP contribution < -0.4 is 15.4 Å². The van der Waals surface area contributed by atoms with Gasteiger partial charge >= 0.3 is 0 Å². The van der Waals surface area contributed by atoms with Crippen LogP contribution in [0.2, 0.25) is 5.02 Å². The zero-order chi connectivity index (χ0) is 17.3. The van der Waals surface area contributed by atoms with E-state index in [9.17, 15) is 0 Å². The highest BCUT2D eigenvalue weighted by Gasteiger charge is 2.09. The highest BCUT2D eigenvalue weighted by atomic mass is 35.5. The minimum Gasteiger partial charge on any atom is -0.489 e. The summed E-state index contributed by atoms with van der Waals surface area (Å²) in [5.41, 5.74) is 2.18. The van der Waals surface area contributed by atoms with Gasteiger partial charge in [-0.05, 0) is 12.1 Å². The molecule has 2 aromatic carbocycles. The first-order chi connectivity index (χ1) is 12.3. The van der Waals surface area contributed by atoms with Crippen LogP contribution in [-0.4, -0.2) is 44.2 Å². The van der Waals surface area contributed by atoms with Gasteiger partial charge in [-0.25, -0.2) is 0 Å². The van der Waals surface area contributed by atoms with E-state index >= 15 is 0 Å². The van der Waals surface area contributed by atoms with E-state index in [1.807, 2.05) is 36.4 Å². The molecule has 5 heteroatoms. The third kappa shape index (κ3) is 5.72. The Morgan fingerprint density at radius 2 is 1.72 bits per heavy atom. The molecule has 1 saturated heterocycles. The molecule has 0 amide bonds. The zero-order valence-electron chi connectivity index (χ0n) is 14.5. The molecule has 0 bridgehead atoms. The van der Waals surface area contributed by atoms with Gasteiger partial charge in [0.05, 0.1) is 0 Å². The number of nitrogens with one attached hydrogen (secondary N) is 2. The summed E-state index contributed by atoms with van der Waals surface area (Å²) in [5.74, 6) is 0.914. The van der Waals surface area contributed by atoms with Crippen LogP contribution in [0.15, 0.2) is 48.5 Å². The van der Waals surface area contributed by atoms with Gasteiger partial charge in [0.2, 0.25) is 0 Å². The maximum absolute atomic E-state index is 6.21. The van der Waals surface area contributed by atoms with Crippen LogP contribution in [0.5, 0.6) is 5.75 Å². The SMILES string of the molecule is Clc1ccccc1COc1ccccc1CNCCN1CCNCC1. The largest absolute Gasteiger partial charge is 0.489 e. The van der Waals surface area contributed by atoms with E-state index in [0.717, 1.165) is 62.1 Å². The predicted octanol–water partition coefficient (Wildman–Crippen LogP) is 2.91. The van der Waals surface area contributed by atoms with Crippen LogP contribution in [0.25, 0.3) is 0 Å². The van der Waals surface area contributed by atoms with Gasteiger partial charge in [0.1, 0.15) is 12.4 Å². The fourth-order valence-corrected chi connectivity index (χ4v) is 3.15. The Morgan fingerprint density at radius 1 is 1.00 bits per heavy atom. The molecule has 134 valence electrons. The average Bonchev–Trinajstić information content (AvgIpc) is 2.66. The fourth-order valence-electron chi connectivity index (χ4n) is 2.96. The van der Waals surface area contributed by atoms with Crippen molar-refractivity contribution in [1.82, 2.24) is 15.5 Å². The molecule has 0 aliphatic carbocycles. The average molecular weight is 360 g/mol. The van der Waals surface area contributed by atoms with Crippen molar-refractivity contribution in [2.75, 3.05) is 39.3 Å². The summed E-state index contributed by atoms with van der Waals surface area (Å²) in [6.07, 6.45) is 0. The minimum atomic E-state index is 0.484. The van der Waals surface area contributed by atoms with Crippen molar-refractivity contribution in [3.8, 4) is 5.75 Å². The van der Waals surface area contributed by atoms with Gasteiger partial charge in [0.25, 0.3) is 0 Å². The maximum Gasteiger partial charge on any atom is 0.124 e. The van der Waals surface area contributed by atoms with Crippen LogP contribution in [0.1, 0.15) is 11.1 Å². The molecule has 1 heterocycles. The summed E-state index contributed by atoms with van der Waals surface area (Å²) in [4.78, 5) is 2.49. The van der Waals surface area contributed by atoms with Crippen molar-refractivity contribution in [3.63, 3.8) is 0 Å². The predicted molar refractivity (Wildman–Crippen MR) is 103 cm³/mol. The lowest BCUT2D eigenvalue weighted by molar-refractivity contribution is 0.240. The molecule has 3 rings (SSSR count). The standard InChI is InChI=1S/C20H26ClN3O/c21-19-7-3-1-6-18(19)16-25-20-8-4-2-5-17(20)15-23-11-14-24-12-9-22-10-13-24/h1-8,22-23H,9-16H2. The Bertz CT molecular complexity index is 659. The number of piperazine rings is 1. The first-order valence-corrected chi connectivity index (χ1v) is 9.28. The van der Waals surface area contributed by atoms with Gasteiger partial charge in [0, 0.05) is 62.0 Å². The zero-order valence-corrected chi connectivity index (χ0v) is 15.3. The molecular formula is C20H26ClN3O. The van der Waals surface area contributed by atoms with E-state index in [0.29, 0.717) is 6.61 Å². The van der Waals surface area contributed by atoms with Crippen LogP contribution >= 0.6 is 11.6 Å². The summed E-state index contributed by atoms with van der Waals surface area (Å²) >= 11 is 6.21. The molecule has 2 aromatic rings. The fraction of sp³-hybridized carbons (Fsp3) is 0.400. The third-order valence-electron chi connectivity index (χ3n) is 4.44. The molecule has 1 aliphatic heterocycles. The first kappa shape index (κ1) is 18.2. The highest BCUT2D eigenvalue weighted by Crippen LogP contribution is 2.21. The second-order valence-electron chi connectivity index (χ2n) is 6.26. The van der Waals surface area contributed by atoms with Gasteiger partial charge < -0.3 is 15.4 Å². The number of ether oxygens (including phenoxy) is 1. The molecular weight excluding hydrogens is 334 g/mol. The summed E-state index contributed by atoms with van der Waals surface area (Å²) in [6, 6.07) is 16.0. The number of nitrogens with zero attached hydrogens (tertiary/aromatic N) is 1. The van der Waals surface area contributed by atoms with Gasteiger partial charge in [-0.1, -0.05) is 48.0 Å². The van der Waals surface area contributed by atoms with E-state index in [2.05, 4.69) is 27.7 Å². The quantitative estimate of drug-likeness (QED) is 0.710. The molecule has 0 saturated carbocycles. The molecule has 4 nitrogen and oxygen atoms in total. The number of para-hydroxylation sites is 1. The monoisotopic (exact) mass is 359 g/mol. The highest BCUT2D eigenvalue weighted by molar-refractivity contribution is 6.31. The Morgan fingerprint density at radius 3 is 2.52 bits per heavy atom. The van der Waals surface area contributed by atoms with Crippen molar-refractivity contribution in [2.24, 2.45) is 0 Å². The van der Waals surface area contributed by atoms with Crippen LogP contribution in [0, 0.1) is 0 Å². The molecule has 0 aromatic heterocycles. The number of benzene rings is 2. The Balaban J connectivity index is 1.47. The third-order valence-corrected chi connectivity index (χ3v) is 4.81. The normalized spacial score (nSPS) is 15.2. The lowest BCUT2D eigenvalue weighted by Crippen LogP contribution is -2.45. The molecule has 0 spiro atoms. The Kier molecular flexibility index (Phi) is 7.12. The molecule has 0 radical (unpaired) electrons. The number of hydrogen-bond donors (Lipinski definition) is 2. The summed E-state index contributed by atoms with van der Waals surface area (Å²) in [6.45, 7) is 7.83. The molecule has 1 aliphatic rings. The van der Waals surface area contributed by atoms with E-state index in [4.69, 9.17) is 16.3 Å². The van der Waals surface area contributed by atoms with E-state index in [1.165, 1.54) is 5.56 Å². The van der Waals surface area contributed by atoms with Gasteiger partial charge in [-0.2, -0.15) is 0 Å². The van der Waals surface area contributed by atoms with E-state index < -0.39 is 0 Å². The van der Waals surface area contributed by atoms with Crippen molar-refractivity contribution in [2.45, 2.75) is 13.2 Å². The molecule has 0 unspecified atom stereocenters. The summed E-state index contributed by atoms with van der Waals surface area (Å²) in [5, 5.41) is 7.66. The molecule has 2 N–H and O–H groups in total. The van der Waals surface area contributed by atoms with Gasteiger partial charge in [-0.3, -0.25) is 4.90 Å². The van der Waals surface area contributed by atoms with Crippen LogP contribution in [-0.2, 0) is 13.2 Å². The van der Waals surface area contributed by atoms with Crippen molar-refractivity contribution >= 4 is 11.6 Å². The maximum atomic E-state index is 6.21. The van der Waals surface area contributed by atoms with Crippen molar-refractivity contribution in [3.05, 3.63) is 64.7 Å². The van der Waals surface area contributed by atoms with E-state index in [1.54, 1.807) is 0 Å². The Labute approximate surface area is 155 Å².